The molecule has 0 bridgehead atoms. The number of rotatable bonds is 6. The van der Waals surface area contributed by atoms with E-state index in [0.29, 0.717) is 50.7 Å². The molecule has 186 valence electrons. The normalized spacial score (nSPS) is 21.2. The van der Waals surface area contributed by atoms with Crippen LogP contribution in [-0.4, -0.2) is 98.1 Å². The van der Waals surface area contributed by atoms with Crippen molar-refractivity contribution < 1.29 is 18.0 Å². The molecule has 4 rings (SSSR count). The molecule has 0 radical (unpaired) electrons. The lowest BCUT2D eigenvalue weighted by Gasteiger charge is -2.34. The highest BCUT2D eigenvalue weighted by atomic mass is 32.2. The Labute approximate surface area is 203 Å². The van der Waals surface area contributed by atoms with Gasteiger partial charge in [-0.05, 0) is 49.5 Å². The minimum Gasteiger partial charge on any atom is -0.342 e. The van der Waals surface area contributed by atoms with Crippen LogP contribution in [0.4, 0.5) is 0 Å². The van der Waals surface area contributed by atoms with Gasteiger partial charge in [0.1, 0.15) is 0 Å². The second-order valence-electron chi connectivity index (χ2n) is 9.41. The quantitative estimate of drug-likeness (QED) is 0.573. The smallest absolute Gasteiger partial charge is 0.246 e. The summed E-state index contributed by atoms with van der Waals surface area (Å²) >= 11 is 0. The summed E-state index contributed by atoms with van der Waals surface area (Å²) in [6.07, 6.45) is 9.44. The average molecular weight is 489 g/mol. The first-order chi connectivity index (χ1) is 16.4. The number of carbonyl (C=O) groups is 2. The lowest BCUT2D eigenvalue weighted by atomic mass is 10.2. The van der Waals surface area contributed by atoms with Crippen LogP contribution in [0.2, 0.25) is 0 Å². The molecular formula is C25H36N4O4S. The molecule has 0 unspecified atom stereocenters. The Hall–Kier alpha value is -2.23. The summed E-state index contributed by atoms with van der Waals surface area (Å²) in [5, 5.41) is 0. The van der Waals surface area contributed by atoms with Gasteiger partial charge in [0.25, 0.3) is 0 Å². The van der Waals surface area contributed by atoms with Crippen LogP contribution < -0.4 is 0 Å². The second kappa shape index (κ2) is 11.5. The van der Waals surface area contributed by atoms with E-state index in [1.54, 1.807) is 45.6 Å². The van der Waals surface area contributed by atoms with E-state index in [1.165, 1.54) is 0 Å². The highest BCUT2D eigenvalue weighted by molar-refractivity contribution is 7.89. The standard InChI is InChI=1S/C25H36N4O4S/c30-24(28-19-17-26(18-20-28)21-25(31)27-13-5-6-14-27)12-9-22-7-10-23(11-8-22)34(32,33)29-15-3-1-2-4-16-29/h7-12H,1-6,13-21H2/b12-9+. The van der Waals surface area contributed by atoms with Crippen LogP contribution in [0, 0.1) is 0 Å². The Morgan fingerprint density at radius 2 is 1.32 bits per heavy atom. The molecule has 3 saturated heterocycles. The first-order valence-electron chi connectivity index (χ1n) is 12.5. The van der Waals surface area contributed by atoms with E-state index in [9.17, 15) is 18.0 Å². The third kappa shape index (κ3) is 6.25. The van der Waals surface area contributed by atoms with Crippen molar-refractivity contribution in [3.8, 4) is 0 Å². The van der Waals surface area contributed by atoms with Crippen LogP contribution in [-0.2, 0) is 19.6 Å². The zero-order valence-electron chi connectivity index (χ0n) is 19.9. The zero-order chi connectivity index (χ0) is 24.0. The Bertz CT molecular complexity index is 971. The van der Waals surface area contributed by atoms with E-state index in [-0.39, 0.29) is 11.8 Å². The van der Waals surface area contributed by atoms with Crippen molar-refractivity contribution in [1.82, 2.24) is 19.0 Å². The summed E-state index contributed by atoms with van der Waals surface area (Å²) < 4.78 is 27.4. The van der Waals surface area contributed by atoms with Gasteiger partial charge in [-0.2, -0.15) is 4.31 Å². The molecule has 0 N–H and O–H groups in total. The van der Waals surface area contributed by atoms with Gasteiger partial charge in [-0.25, -0.2) is 8.42 Å². The van der Waals surface area contributed by atoms with E-state index in [1.807, 2.05) is 4.90 Å². The number of amides is 2. The van der Waals surface area contributed by atoms with Gasteiger partial charge >= 0.3 is 0 Å². The molecule has 0 atom stereocenters. The number of hydrogen-bond donors (Lipinski definition) is 0. The van der Waals surface area contributed by atoms with Crippen molar-refractivity contribution in [2.24, 2.45) is 0 Å². The molecule has 0 saturated carbocycles. The van der Waals surface area contributed by atoms with Crippen LogP contribution in [0.25, 0.3) is 6.08 Å². The predicted molar refractivity (Wildman–Crippen MR) is 132 cm³/mol. The molecule has 3 aliphatic rings. The molecular weight excluding hydrogens is 452 g/mol. The van der Waals surface area contributed by atoms with Crippen LogP contribution in [0.5, 0.6) is 0 Å². The topological polar surface area (TPSA) is 81.2 Å². The first kappa shape index (κ1) is 24.9. The fourth-order valence-corrected chi connectivity index (χ4v) is 6.36. The molecule has 34 heavy (non-hydrogen) atoms. The summed E-state index contributed by atoms with van der Waals surface area (Å²) in [6, 6.07) is 6.74. The van der Waals surface area contributed by atoms with E-state index < -0.39 is 10.0 Å². The maximum Gasteiger partial charge on any atom is 0.246 e. The van der Waals surface area contributed by atoms with Crippen LogP contribution in [0.3, 0.4) is 0 Å². The summed E-state index contributed by atoms with van der Waals surface area (Å²) in [6.45, 7) is 5.93. The zero-order valence-corrected chi connectivity index (χ0v) is 20.7. The maximum absolute atomic E-state index is 12.9. The predicted octanol–water partition coefficient (Wildman–Crippen LogP) is 2.03. The van der Waals surface area contributed by atoms with Crippen LogP contribution in [0.1, 0.15) is 44.1 Å². The Balaban J connectivity index is 1.26. The van der Waals surface area contributed by atoms with Crippen molar-refractivity contribution in [1.29, 1.82) is 0 Å². The van der Waals surface area contributed by atoms with Gasteiger partial charge < -0.3 is 9.80 Å². The SMILES string of the molecule is O=C(/C=C/c1ccc(S(=O)(=O)N2CCCCCC2)cc1)N1CCN(CC(=O)N2CCCC2)CC1. The van der Waals surface area contributed by atoms with Crippen molar-refractivity contribution in [3.05, 3.63) is 35.9 Å². The van der Waals surface area contributed by atoms with Crippen molar-refractivity contribution in [2.75, 3.05) is 58.9 Å². The molecule has 9 heteroatoms. The Morgan fingerprint density at radius 3 is 1.94 bits per heavy atom. The van der Waals surface area contributed by atoms with Crippen LogP contribution >= 0.6 is 0 Å². The van der Waals surface area contributed by atoms with Crippen molar-refractivity contribution in [3.63, 3.8) is 0 Å². The van der Waals surface area contributed by atoms with Gasteiger partial charge in [0.2, 0.25) is 21.8 Å². The van der Waals surface area contributed by atoms with Gasteiger partial charge in [-0.15, -0.1) is 0 Å². The number of piperazine rings is 1. The summed E-state index contributed by atoms with van der Waals surface area (Å²) in [5.41, 5.74) is 0.790. The molecule has 3 aliphatic heterocycles. The van der Waals surface area contributed by atoms with E-state index in [2.05, 4.69) is 4.90 Å². The van der Waals surface area contributed by atoms with Crippen molar-refractivity contribution >= 4 is 27.9 Å². The molecule has 8 nitrogen and oxygen atoms in total. The summed E-state index contributed by atoms with van der Waals surface area (Å²) in [4.78, 5) is 31.1. The highest BCUT2D eigenvalue weighted by Gasteiger charge is 2.26. The molecule has 1 aromatic carbocycles. The largest absolute Gasteiger partial charge is 0.342 e. The third-order valence-electron chi connectivity index (χ3n) is 7.00. The number of carbonyl (C=O) groups excluding carboxylic acids is 2. The molecule has 0 aliphatic carbocycles. The molecule has 0 aromatic heterocycles. The number of hydrogen-bond acceptors (Lipinski definition) is 5. The third-order valence-corrected chi connectivity index (χ3v) is 8.92. The number of sulfonamides is 1. The van der Waals surface area contributed by atoms with Gasteiger partial charge in [0.15, 0.2) is 0 Å². The Morgan fingerprint density at radius 1 is 0.735 bits per heavy atom. The summed E-state index contributed by atoms with van der Waals surface area (Å²) in [5.74, 6) is 0.130. The fourth-order valence-electron chi connectivity index (χ4n) is 4.84. The minimum atomic E-state index is -3.47. The lowest BCUT2D eigenvalue weighted by Crippen LogP contribution is -2.51. The first-order valence-corrected chi connectivity index (χ1v) is 13.9. The molecule has 3 heterocycles. The molecule has 1 aromatic rings. The van der Waals surface area contributed by atoms with Gasteiger partial charge in [-0.3, -0.25) is 14.5 Å². The van der Waals surface area contributed by atoms with Crippen LogP contribution in [0.15, 0.2) is 35.2 Å². The lowest BCUT2D eigenvalue weighted by molar-refractivity contribution is -0.132. The monoisotopic (exact) mass is 488 g/mol. The van der Waals surface area contributed by atoms with E-state index in [0.717, 1.165) is 57.2 Å². The molecule has 2 amide bonds. The average Bonchev–Trinajstić information content (AvgIpc) is 3.25. The fraction of sp³-hybridized carbons (Fsp3) is 0.600. The van der Waals surface area contributed by atoms with Gasteiger partial charge in [0.05, 0.1) is 11.4 Å². The summed E-state index contributed by atoms with van der Waals surface area (Å²) in [7, 11) is -3.47. The number of nitrogens with zero attached hydrogens (tertiary/aromatic N) is 4. The molecule has 3 fully saturated rings. The number of benzene rings is 1. The Kier molecular flexibility index (Phi) is 8.39. The van der Waals surface area contributed by atoms with Gasteiger partial charge in [-0.1, -0.05) is 25.0 Å². The second-order valence-corrected chi connectivity index (χ2v) is 11.3. The number of likely N-dealkylation sites (tertiary alicyclic amines) is 1. The van der Waals surface area contributed by atoms with E-state index >= 15 is 0 Å². The van der Waals surface area contributed by atoms with Gasteiger partial charge in [0, 0.05) is 58.4 Å². The van der Waals surface area contributed by atoms with Crippen molar-refractivity contribution in [2.45, 2.75) is 43.4 Å². The van der Waals surface area contributed by atoms with E-state index in [4.69, 9.17) is 0 Å². The molecule has 0 spiro atoms. The highest BCUT2D eigenvalue weighted by Crippen LogP contribution is 2.21. The minimum absolute atomic E-state index is 0.0632. The maximum atomic E-state index is 12.9.